The number of aromatic hydroxyl groups is 1. The number of phenolic OH excluding ortho intramolecular Hbond substituents is 1. The molecule has 5 nitrogen and oxygen atoms in total. The molecule has 1 heterocycles. The average Bonchev–Trinajstić information content (AvgIpc) is 2.91. The predicted octanol–water partition coefficient (Wildman–Crippen LogP) is 2.76. The number of ether oxygens (including phenoxy) is 3. The number of fused-ring (bicyclic) bond motifs is 1. The van der Waals surface area contributed by atoms with E-state index < -0.39 is 0 Å². The van der Waals surface area contributed by atoms with Crippen LogP contribution in [-0.4, -0.2) is 42.6 Å². The third kappa shape index (κ3) is 2.15. The molecule has 1 aliphatic heterocycles. The summed E-state index contributed by atoms with van der Waals surface area (Å²) in [6.45, 7) is 7.52. The Morgan fingerprint density at radius 2 is 1.91 bits per heavy atom. The van der Waals surface area contributed by atoms with E-state index in [1.54, 1.807) is 13.2 Å². The van der Waals surface area contributed by atoms with Crippen molar-refractivity contribution in [3.05, 3.63) is 17.7 Å². The Morgan fingerprint density at radius 3 is 2.50 bits per heavy atom. The highest BCUT2D eigenvalue weighted by atomic mass is 16.7. The molecule has 0 aromatic heterocycles. The predicted molar refractivity (Wildman–Crippen MR) is 83.3 cm³/mol. The molecule has 1 N–H and O–H groups in total. The lowest BCUT2D eigenvalue weighted by Crippen LogP contribution is -2.67. The number of phenols is 1. The van der Waals surface area contributed by atoms with Crippen molar-refractivity contribution in [3.8, 4) is 17.2 Å². The van der Waals surface area contributed by atoms with Gasteiger partial charge >= 0.3 is 0 Å². The molecule has 0 radical (unpaired) electrons. The summed E-state index contributed by atoms with van der Waals surface area (Å²) in [5, 5.41) is 10.2. The van der Waals surface area contributed by atoms with Crippen molar-refractivity contribution in [1.29, 1.82) is 0 Å². The Kier molecular flexibility index (Phi) is 3.53. The second-order valence-corrected chi connectivity index (χ2v) is 7.13. The van der Waals surface area contributed by atoms with Gasteiger partial charge in [-0.05, 0) is 26.5 Å². The lowest BCUT2D eigenvalue weighted by atomic mass is 9.55. The standard InChI is InChI=1S/C17H25NO4/c1-16(2)15(8-17(16,3)20-5)18(4)9-11-6-13-14(7-12(11)19)22-10-21-13/h6-7,15,19H,8-10H2,1-5H3. The smallest absolute Gasteiger partial charge is 0.231 e. The Bertz CT molecular complexity index is 586. The summed E-state index contributed by atoms with van der Waals surface area (Å²) in [6, 6.07) is 3.91. The highest BCUT2D eigenvalue weighted by Crippen LogP contribution is 2.54. The minimum Gasteiger partial charge on any atom is -0.507 e. The Labute approximate surface area is 131 Å². The van der Waals surface area contributed by atoms with E-state index in [2.05, 4.69) is 32.7 Å². The third-order valence-corrected chi connectivity index (χ3v) is 5.76. The van der Waals surface area contributed by atoms with E-state index in [4.69, 9.17) is 14.2 Å². The van der Waals surface area contributed by atoms with E-state index >= 15 is 0 Å². The highest BCUT2D eigenvalue weighted by Gasteiger charge is 2.58. The molecule has 3 rings (SSSR count). The van der Waals surface area contributed by atoms with Gasteiger partial charge in [-0.25, -0.2) is 0 Å². The zero-order valence-corrected chi connectivity index (χ0v) is 14.0. The molecule has 2 atom stereocenters. The number of benzene rings is 1. The topological polar surface area (TPSA) is 51.2 Å². The monoisotopic (exact) mass is 307 g/mol. The first-order valence-electron chi connectivity index (χ1n) is 7.65. The summed E-state index contributed by atoms with van der Waals surface area (Å²) in [7, 11) is 3.87. The van der Waals surface area contributed by atoms with E-state index in [0.717, 1.165) is 12.0 Å². The fraction of sp³-hybridized carbons (Fsp3) is 0.647. The fourth-order valence-electron chi connectivity index (χ4n) is 3.64. The first-order chi connectivity index (χ1) is 10.3. The van der Waals surface area contributed by atoms with Gasteiger partial charge in [-0.1, -0.05) is 13.8 Å². The zero-order valence-electron chi connectivity index (χ0n) is 14.0. The summed E-state index contributed by atoms with van der Waals surface area (Å²) < 4.78 is 16.4. The maximum Gasteiger partial charge on any atom is 0.231 e. The van der Waals surface area contributed by atoms with Crippen LogP contribution in [-0.2, 0) is 11.3 Å². The fourth-order valence-corrected chi connectivity index (χ4v) is 3.64. The van der Waals surface area contributed by atoms with Crippen LogP contribution in [0.3, 0.4) is 0 Å². The minimum absolute atomic E-state index is 0.0580. The molecule has 5 heteroatoms. The van der Waals surface area contributed by atoms with Gasteiger partial charge in [0.05, 0.1) is 5.60 Å². The maximum atomic E-state index is 10.2. The van der Waals surface area contributed by atoms with Gasteiger partial charge in [-0.15, -0.1) is 0 Å². The molecule has 2 unspecified atom stereocenters. The Balaban J connectivity index is 1.75. The van der Waals surface area contributed by atoms with Crippen molar-refractivity contribution in [2.45, 2.75) is 45.4 Å². The van der Waals surface area contributed by atoms with Gasteiger partial charge in [0.15, 0.2) is 11.5 Å². The van der Waals surface area contributed by atoms with Crippen LogP contribution in [0.15, 0.2) is 12.1 Å². The van der Waals surface area contributed by atoms with Crippen molar-refractivity contribution in [2.24, 2.45) is 5.41 Å². The van der Waals surface area contributed by atoms with Crippen LogP contribution in [0.1, 0.15) is 32.8 Å². The van der Waals surface area contributed by atoms with Gasteiger partial charge in [-0.3, -0.25) is 4.90 Å². The Hall–Kier alpha value is -1.46. The van der Waals surface area contributed by atoms with Crippen molar-refractivity contribution in [2.75, 3.05) is 21.0 Å². The van der Waals surface area contributed by atoms with Crippen LogP contribution in [0, 0.1) is 5.41 Å². The van der Waals surface area contributed by atoms with E-state index in [-0.39, 0.29) is 23.6 Å². The van der Waals surface area contributed by atoms with Crippen molar-refractivity contribution in [3.63, 3.8) is 0 Å². The van der Waals surface area contributed by atoms with E-state index in [9.17, 15) is 5.11 Å². The molecule has 1 aromatic rings. The van der Waals surface area contributed by atoms with E-state index in [1.807, 2.05) is 6.07 Å². The largest absolute Gasteiger partial charge is 0.507 e. The molecule has 0 saturated heterocycles. The molecule has 0 bridgehead atoms. The van der Waals surface area contributed by atoms with E-state index in [0.29, 0.717) is 24.1 Å². The van der Waals surface area contributed by atoms with Crippen LogP contribution in [0.4, 0.5) is 0 Å². The Morgan fingerprint density at radius 1 is 1.27 bits per heavy atom. The van der Waals surface area contributed by atoms with Crippen LogP contribution < -0.4 is 9.47 Å². The van der Waals surface area contributed by atoms with Crippen molar-refractivity contribution >= 4 is 0 Å². The van der Waals surface area contributed by atoms with Crippen LogP contribution in [0.2, 0.25) is 0 Å². The van der Waals surface area contributed by atoms with Crippen molar-refractivity contribution < 1.29 is 19.3 Å². The first kappa shape index (κ1) is 15.4. The SMILES string of the molecule is COC1(C)CC(N(C)Cc2cc3c(cc2O)OCO3)C1(C)C. The number of rotatable bonds is 4. The second kappa shape index (κ2) is 5.03. The van der Waals surface area contributed by atoms with Gasteiger partial charge in [0, 0.05) is 36.7 Å². The maximum absolute atomic E-state index is 10.2. The highest BCUT2D eigenvalue weighted by molar-refractivity contribution is 5.51. The molecule has 1 fully saturated rings. The van der Waals surface area contributed by atoms with Gasteiger partial charge in [-0.2, -0.15) is 0 Å². The lowest BCUT2D eigenvalue weighted by Gasteiger charge is -2.61. The summed E-state index contributed by atoms with van der Waals surface area (Å²) in [5.74, 6) is 1.57. The average molecular weight is 307 g/mol. The van der Waals surface area contributed by atoms with Crippen LogP contribution in [0.5, 0.6) is 17.2 Å². The van der Waals surface area contributed by atoms with Gasteiger partial charge in [0.1, 0.15) is 5.75 Å². The molecule has 1 aromatic carbocycles. The second-order valence-electron chi connectivity index (χ2n) is 7.13. The van der Waals surface area contributed by atoms with Gasteiger partial charge < -0.3 is 19.3 Å². The molecule has 0 spiro atoms. The molecular weight excluding hydrogens is 282 g/mol. The van der Waals surface area contributed by atoms with Crippen LogP contribution >= 0.6 is 0 Å². The summed E-state index contributed by atoms with van der Waals surface area (Å²) in [6.07, 6.45) is 0.984. The normalized spacial score (nSPS) is 28.7. The summed E-state index contributed by atoms with van der Waals surface area (Å²) >= 11 is 0. The summed E-state index contributed by atoms with van der Waals surface area (Å²) in [4.78, 5) is 2.28. The van der Waals surface area contributed by atoms with Crippen LogP contribution in [0.25, 0.3) is 0 Å². The molecule has 1 saturated carbocycles. The molecule has 1 aliphatic carbocycles. The van der Waals surface area contributed by atoms with Gasteiger partial charge in [0.2, 0.25) is 6.79 Å². The number of hydrogen-bond donors (Lipinski definition) is 1. The molecule has 122 valence electrons. The minimum atomic E-state index is -0.0944. The van der Waals surface area contributed by atoms with Gasteiger partial charge in [0.25, 0.3) is 0 Å². The molecule has 0 amide bonds. The molecule has 2 aliphatic rings. The third-order valence-electron chi connectivity index (χ3n) is 5.76. The molecular formula is C17H25NO4. The number of hydrogen-bond acceptors (Lipinski definition) is 5. The number of methoxy groups -OCH3 is 1. The lowest BCUT2D eigenvalue weighted by molar-refractivity contribution is -0.207. The zero-order chi connectivity index (χ0) is 16.1. The molecule has 22 heavy (non-hydrogen) atoms. The first-order valence-corrected chi connectivity index (χ1v) is 7.65. The van der Waals surface area contributed by atoms with E-state index in [1.165, 1.54) is 0 Å². The van der Waals surface area contributed by atoms with Crippen molar-refractivity contribution in [1.82, 2.24) is 4.90 Å². The number of nitrogens with zero attached hydrogens (tertiary/aromatic N) is 1. The quantitative estimate of drug-likeness (QED) is 0.927. The summed E-state index contributed by atoms with van der Waals surface area (Å²) in [5.41, 5.74) is 0.819.